The lowest BCUT2D eigenvalue weighted by Gasteiger charge is -2.26. The van der Waals surface area contributed by atoms with Crippen LogP contribution >= 0.6 is 15.9 Å². The summed E-state index contributed by atoms with van der Waals surface area (Å²) in [7, 11) is 1.22. The van der Waals surface area contributed by atoms with Crippen LogP contribution in [0.4, 0.5) is 23.7 Å². The molecule has 0 spiro atoms. The van der Waals surface area contributed by atoms with Crippen LogP contribution in [-0.4, -0.2) is 50.3 Å². The Morgan fingerprint density at radius 1 is 1.13 bits per heavy atom. The summed E-state index contributed by atoms with van der Waals surface area (Å²) >= 11 is 3.24. The first-order valence-electron chi connectivity index (χ1n) is 9.09. The largest absolute Gasteiger partial charge is 0.497 e. The number of morpholine rings is 1. The molecule has 2 aromatic carbocycles. The van der Waals surface area contributed by atoms with Gasteiger partial charge in [-0.15, -0.1) is 0 Å². The molecule has 0 bridgehead atoms. The summed E-state index contributed by atoms with van der Waals surface area (Å²) in [5.74, 6) is -0.859. The number of hydrogen-bond acceptors (Lipinski definition) is 5. The maximum atomic E-state index is 13.1. The van der Waals surface area contributed by atoms with E-state index < -0.39 is 23.7 Å². The molecule has 1 aliphatic heterocycles. The molecule has 0 aromatic heterocycles. The first-order chi connectivity index (χ1) is 14.7. The van der Waals surface area contributed by atoms with E-state index in [0.29, 0.717) is 30.8 Å². The molecule has 0 atom stereocenters. The third-order valence-electron chi connectivity index (χ3n) is 4.38. The Morgan fingerprint density at radius 2 is 1.84 bits per heavy atom. The third kappa shape index (κ3) is 5.88. The van der Waals surface area contributed by atoms with Crippen LogP contribution < -0.4 is 14.8 Å². The summed E-state index contributed by atoms with van der Waals surface area (Å²) in [4.78, 5) is 26.6. The minimum absolute atomic E-state index is 0.0314. The number of ether oxygens (including phenoxy) is 3. The van der Waals surface area contributed by atoms with Gasteiger partial charge in [0.25, 0.3) is 5.91 Å². The van der Waals surface area contributed by atoms with Gasteiger partial charge in [-0.1, -0.05) is 15.9 Å². The molecule has 3 rings (SSSR count). The second-order valence-corrected chi connectivity index (χ2v) is 7.43. The molecule has 1 aliphatic rings. The molecule has 1 heterocycles. The van der Waals surface area contributed by atoms with E-state index in [1.54, 1.807) is 6.07 Å². The molecule has 11 heteroatoms. The van der Waals surface area contributed by atoms with E-state index in [4.69, 9.17) is 14.2 Å². The van der Waals surface area contributed by atoms with Crippen LogP contribution in [0, 0.1) is 0 Å². The standard InChI is InChI=1S/C20H18BrF3N2O5/c1-29-15-9-12(20(22,23)24)8-14(11-15)25-18(27)16-10-13(21)2-3-17(16)31-19(28)26-4-6-30-7-5-26/h2-3,8-11H,4-7H2,1H3,(H,25,27). The van der Waals surface area contributed by atoms with Crippen LogP contribution in [0.3, 0.4) is 0 Å². The number of anilines is 1. The van der Waals surface area contributed by atoms with Gasteiger partial charge in [0.2, 0.25) is 0 Å². The van der Waals surface area contributed by atoms with E-state index in [0.717, 1.165) is 12.1 Å². The monoisotopic (exact) mass is 502 g/mol. The molecule has 2 amide bonds. The van der Waals surface area contributed by atoms with Crippen molar-refractivity contribution in [2.45, 2.75) is 6.18 Å². The number of carbonyl (C=O) groups is 2. The molecular weight excluding hydrogens is 485 g/mol. The van der Waals surface area contributed by atoms with Crippen molar-refractivity contribution in [2.24, 2.45) is 0 Å². The highest BCUT2D eigenvalue weighted by atomic mass is 79.9. The summed E-state index contributed by atoms with van der Waals surface area (Å²) in [5.41, 5.74) is -1.13. The molecule has 0 aliphatic carbocycles. The minimum atomic E-state index is -4.62. The Hall–Kier alpha value is -2.79. The van der Waals surface area contributed by atoms with Crippen LogP contribution in [0.2, 0.25) is 0 Å². The Labute approximate surface area is 184 Å². The average Bonchev–Trinajstić information content (AvgIpc) is 2.74. The number of methoxy groups -OCH3 is 1. The van der Waals surface area contributed by atoms with Crippen LogP contribution in [0.5, 0.6) is 11.5 Å². The SMILES string of the molecule is COc1cc(NC(=O)c2cc(Br)ccc2OC(=O)N2CCOCC2)cc(C(F)(F)F)c1. The number of hydrogen-bond donors (Lipinski definition) is 1. The summed E-state index contributed by atoms with van der Waals surface area (Å²) in [6.07, 6.45) is -5.27. The topological polar surface area (TPSA) is 77.1 Å². The second-order valence-electron chi connectivity index (χ2n) is 6.51. The number of alkyl halides is 3. The number of nitrogens with one attached hydrogen (secondary N) is 1. The lowest BCUT2D eigenvalue weighted by atomic mass is 10.1. The normalized spacial score (nSPS) is 14.2. The highest BCUT2D eigenvalue weighted by Gasteiger charge is 2.32. The predicted molar refractivity (Wildman–Crippen MR) is 109 cm³/mol. The van der Waals surface area contributed by atoms with Gasteiger partial charge in [-0.25, -0.2) is 4.79 Å². The predicted octanol–water partition coefficient (Wildman–Crippen LogP) is 4.56. The van der Waals surface area contributed by atoms with Crippen molar-refractivity contribution >= 4 is 33.6 Å². The molecule has 31 heavy (non-hydrogen) atoms. The van der Waals surface area contributed by atoms with Crippen LogP contribution in [0.15, 0.2) is 40.9 Å². The lowest BCUT2D eigenvalue weighted by Crippen LogP contribution is -2.42. The van der Waals surface area contributed by atoms with E-state index >= 15 is 0 Å². The van der Waals surface area contributed by atoms with E-state index in [9.17, 15) is 22.8 Å². The van der Waals surface area contributed by atoms with E-state index in [1.165, 1.54) is 30.2 Å². The fraction of sp³-hybridized carbons (Fsp3) is 0.300. The Morgan fingerprint density at radius 3 is 2.48 bits per heavy atom. The maximum Gasteiger partial charge on any atom is 0.416 e. The summed E-state index contributed by atoms with van der Waals surface area (Å²) in [5, 5.41) is 2.40. The number of rotatable bonds is 4. The Balaban J connectivity index is 1.85. The number of nitrogens with zero attached hydrogens (tertiary/aromatic N) is 1. The summed E-state index contributed by atoms with van der Waals surface area (Å²) in [6.45, 7) is 1.45. The average molecular weight is 503 g/mol. The molecule has 7 nitrogen and oxygen atoms in total. The zero-order valence-corrected chi connectivity index (χ0v) is 17.9. The van der Waals surface area contributed by atoms with Crippen LogP contribution in [-0.2, 0) is 10.9 Å². The molecule has 166 valence electrons. The summed E-state index contributed by atoms with van der Waals surface area (Å²) < 4.78 is 55.4. The van der Waals surface area contributed by atoms with Crippen LogP contribution in [0.25, 0.3) is 0 Å². The fourth-order valence-electron chi connectivity index (χ4n) is 2.82. The zero-order valence-electron chi connectivity index (χ0n) is 16.3. The molecule has 2 aromatic rings. The third-order valence-corrected chi connectivity index (χ3v) is 4.87. The first-order valence-corrected chi connectivity index (χ1v) is 9.88. The van der Waals surface area contributed by atoms with Gasteiger partial charge in [0, 0.05) is 29.3 Å². The van der Waals surface area contributed by atoms with Crippen molar-refractivity contribution in [1.82, 2.24) is 4.90 Å². The van der Waals surface area contributed by atoms with Crippen molar-refractivity contribution in [3.05, 3.63) is 52.0 Å². The number of carbonyl (C=O) groups excluding carboxylic acids is 2. The molecular formula is C20H18BrF3N2O5. The van der Waals surface area contributed by atoms with Gasteiger partial charge in [0.1, 0.15) is 11.5 Å². The van der Waals surface area contributed by atoms with Crippen molar-refractivity contribution < 1.29 is 37.0 Å². The first kappa shape index (κ1) is 22.9. The number of benzene rings is 2. The minimum Gasteiger partial charge on any atom is -0.497 e. The van der Waals surface area contributed by atoms with Gasteiger partial charge >= 0.3 is 12.3 Å². The van der Waals surface area contributed by atoms with Gasteiger partial charge in [-0.05, 0) is 30.3 Å². The molecule has 1 N–H and O–H groups in total. The Kier molecular flexibility index (Phi) is 7.06. The van der Waals surface area contributed by atoms with Gasteiger partial charge in [0.15, 0.2) is 0 Å². The van der Waals surface area contributed by atoms with Gasteiger partial charge < -0.3 is 24.4 Å². The highest BCUT2D eigenvalue weighted by Crippen LogP contribution is 2.34. The van der Waals surface area contributed by atoms with Crippen molar-refractivity contribution in [1.29, 1.82) is 0 Å². The molecule has 0 unspecified atom stereocenters. The number of amides is 2. The van der Waals surface area contributed by atoms with Crippen LogP contribution in [0.1, 0.15) is 15.9 Å². The smallest absolute Gasteiger partial charge is 0.416 e. The molecule has 1 fully saturated rings. The lowest BCUT2D eigenvalue weighted by molar-refractivity contribution is -0.137. The highest BCUT2D eigenvalue weighted by molar-refractivity contribution is 9.10. The number of halogens is 4. The van der Waals surface area contributed by atoms with E-state index in [-0.39, 0.29) is 22.7 Å². The molecule has 0 saturated carbocycles. The maximum absolute atomic E-state index is 13.1. The quantitative estimate of drug-likeness (QED) is 0.663. The summed E-state index contributed by atoms with van der Waals surface area (Å²) in [6, 6.07) is 7.27. The fourth-order valence-corrected chi connectivity index (χ4v) is 3.19. The van der Waals surface area contributed by atoms with Gasteiger partial charge in [-0.2, -0.15) is 13.2 Å². The van der Waals surface area contributed by atoms with Crippen molar-refractivity contribution in [3.63, 3.8) is 0 Å². The zero-order chi connectivity index (χ0) is 22.6. The van der Waals surface area contributed by atoms with Crippen molar-refractivity contribution in [3.8, 4) is 11.5 Å². The molecule has 1 saturated heterocycles. The second kappa shape index (κ2) is 9.56. The van der Waals surface area contributed by atoms with Crippen molar-refractivity contribution in [2.75, 3.05) is 38.7 Å². The van der Waals surface area contributed by atoms with Gasteiger partial charge in [-0.3, -0.25) is 4.79 Å². The Bertz CT molecular complexity index is 978. The van der Waals surface area contributed by atoms with E-state index in [2.05, 4.69) is 21.2 Å². The van der Waals surface area contributed by atoms with Gasteiger partial charge in [0.05, 0.1) is 31.5 Å². The molecule has 0 radical (unpaired) electrons. The van der Waals surface area contributed by atoms with E-state index in [1.807, 2.05) is 0 Å².